The third kappa shape index (κ3) is 4.14. The van der Waals surface area contributed by atoms with Crippen LogP contribution in [-0.4, -0.2) is 36.4 Å². The van der Waals surface area contributed by atoms with Crippen LogP contribution in [0.25, 0.3) is 0 Å². The van der Waals surface area contributed by atoms with Crippen molar-refractivity contribution in [2.24, 2.45) is 0 Å². The van der Waals surface area contributed by atoms with Crippen LogP contribution >= 0.6 is 0 Å². The van der Waals surface area contributed by atoms with Gasteiger partial charge in [-0.05, 0) is 20.3 Å². The molecular weight excluding hydrogens is 224 g/mol. The fourth-order valence-corrected chi connectivity index (χ4v) is 1.29. The maximum absolute atomic E-state index is 11.4. The molecule has 6 nitrogen and oxygen atoms in total. The molecule has 0 aliphatic heterocycles. The average molecular weight is 242 g/mol. The van der Waals surface area contributed by atoms with Gasteiger partial charge in [-0.25, -0.2) is 0 Å². The molecule has 0 amide bonds. The van der Waals surface area contributed by atoms with E-state index in [-0.39, 0.29) is 5.97 Å². The van der Waals surface area contributed by atoms with Gasteiger partial charge >= 0.3 is 5.97 Å². The number of hydrogen-bond acceptors (Lipinski definition) is 6. The van der Waals surface area contributed by atoms with Crippen LogP contribution in [0.2, 0.25) is 0 Å². The summed E-state index contributed by atoms with van der Waals surface area (Å²) >= 11 is 0. The number of esters is 1. The van der Waals surface area contributed by atoms with Crippen LogP contribution in [0.5, 0.6) is 0 Å². The lowest BCUT2D eigenvalue weighted by atomic mass is 10.2. The van der Waals surface area contributed by atoms with Crippen molar-refractivity contribution >= 4 is 5.97 Å². The van der Waals surface area contributed by atoms with Gasteiger partial charge in [0.1, 0.15) is 5.92 Å². The number of carbonyl (C=O) groups excluding carboxylic acids is 1. The van der Waals surface area contributed by atoms with Gasteiger partial charge in [-0.1, -0.05) is 5.16 Å². The van der Waals surface area contributed by atoms with E-state index < -0.39 is 5.92 Å². The molecule has 1 heterocycles. The van der Waals surface area contributed by atoms with E-state index in [9.17, 15) is 4.79 Å². The molecule has 1 atom stereocenters. The van der Waals surface area contributed by atoms with Crippen molar-refractivity contribution in [2.45, 2.75) is 32.6 Å². The molecule has 0 aliphatic carbocycles. The molecule has 0 fully saturated rings. The summed E-state index contributed by atoms with van der Waals surface area (Å²) in [5, 5.41) is 3.80. The van der Waals surface area contributed by atoms with Gasteiger partial charge in [0.2, 0.25) is 5.89 Å². The molecule has 17 heavy (non-hydrogen) atoms. The molecule has 0 aliphatic rings. The van der Waals surface area contributed by atoms with E-state index in [1.807, 2.05) is 0 Å². The summed E-state index contributed by atoms with van der Waals surface area (Å²) in [5.74, 6) is 0.0299. The van der Waals surface area contributed by atoms with Gasteiger partial charge in [-0.15, -0.1) is 0 Å². The van der Waals surface area contributed by atoms with Crippen LogP contribution in [0.4, 0.5) is 0 Å². The highest BCUT2D eigenvalue weighted by molar-refractivity contribution is 5.76. The molecule has 0 N–H and O–H groups in total. The third-order valence-electron chi connectivity index (χ3n) is 2.24. The molecule has 1 aromatic heterocycles. The Balaban J connectivity index is 2.51. The Labute approximate surface area is 100 Å². The molecule has 1 aromatic rings. The maximum atomic E-state index is 11.4. The van der Waals surface area contributed by atoms with Crippen LogP contribution in [0.1, 0.15) is 37.9 Å². The molecular formula is C11H18N2O4. The Morgan fingerprint density at radius 2 is 2.29 bits per heavy atom. The van der Waals surface area contributed by atoms with Crippen molar-refractivity contribution in [1.29, 1.82) is 0 Å². The molecule has 0 saturated heterocycles. The summed E-state index contributed by atoms with van der Waals surface area (Å²) in [7, 11) is 1.64. The van der Waals surface area contributed by atoms with Gasteiger partial charge in [0.05, 0.1) is 6.61 Å². The Hall–Kier alpha value is -1.43. The first-order valence-corrected chi connectivity index (χ1v) is 5.67. The minimum Gasteiger partial charge on any atom is -0.465 e. The zero-order valence-corrected chi connectivity index (χ0v) is 10.4. The van der Waals surface area contributed by atoms with Gasteiger partial charge in [0.15, 0.2) is 5.82 Å². The van der Waals surface area contributed by atoms with E-state index in [1.54, 1.807) is 21.0 Å². The summed E-state index contributed by atoms with van der Waals surface area (Å²) in [6.07, 6.45) is 1.50. The van der Waals surface area contributed by atoms with Gasteiger partial charge < -0.3 is 14.0 Å². The van der Waals surface area contributed by atoms with Crippen molar-refractivity contribution in [1.82, 2.24) is 10.1 Å². The van der Waals surface area contributed by atoms with E-state index in [4.69, 9.17) is 14.0 Å². The first-order chi connectivity index (χ1) is 8.19. The zero-order chi connectivity index (χ0) is 12.7. The summed E-state index contributed by atoms with van der Waals surface area (Å²) < 4.78 is 14.8. The first-order valence-electron chi connectivity index (χ1n) is 5.67. The fraction of sp³-hybridized carbons (Fsp3) is 0.727. The lowest BCUT2D eigenvalue weighted by Crippen LogP contribution is -2.13. The summed E-state index contributed by atoms with van der Waals surface area (Å²) in [6, 6.07) is 0. The predicted molar refractivity (Wildman–Crippen MR) is 59.5 cm³/mol. The van der Waals surface area contributed by atoms with Crippen molar-refractivity contribution < 1.29 is 18.8 Å². The molecule has 0 bridgehead atoms. The molecule has 0 aromatic carbocycles. The SMILES string of the molecule is CCOC(=O)C(C)c1nc(CCCOC)no1. The standard InChI is InChI=1S/C11H18N2O4/c1-4-16-11(14)8(2)10-12-9(13-17-10)6-5-7-15-3/h8H,4-7H2,1-3H3. The monoisotopic (exact) mass is 242 g/mol. The van der Waals surface area contributed by atoms with Gasteiger partial charge in [0.25, 0.3) is 0 Å². The van der Waals surface area contributed by atoms with E-state index in [0.29, 0.717) is 31.3 Å². The average Bonchev–Trinajstić information content (AvgIpc) is 2.77. The van der Waals surface area contributed by atoms with Crippen molar-refractivity contribution in [3.63, 3.8) is 0 Å². The summed E-state index contributed by atoms with van der Waals surface area (Å²) in [5.41, 5.74) is 0. The van der Waals surface area contributed by atoms with E-state index in [0.717, 1.165) is 6.42 Å². The Bertz CT molecular complexity index is 351. The maximum Gasteiger partial charge on any atom is 0.318 e. The summed E-state index contributed by atoms with van der Waals surface area (Å²) in [6.45, 7) is 4.44. The van der Waals surface area contributed by atoms with Crippen LogP contribution in [0.15, 0.2) is 4.52 Å². The van der Waals surface area contributed by atoms with Crippen molar-refractivity contribution in [3.8, 4) is 0 Å². The minimum atomic E-state index is -0.515. The highest BCUT2D eigenvalue weighted by atomic mass is 16.5. The van der Waals surface area contributed by atoms with Gasteiger partial charge in [0, 0.05) is 20.1 Å². The largest absolute Gasteiger partial charge is 0.465 e. The zero-order valence-electron chi connectivity index (χ0n) is 10.4. The van der Waals surface area contributed by atoms with E-state index in [1.165, 1.54) is 0 Å². The number of rotatable bonds is 7. The minimum absolute atomic E-state index is 0.302. The molecule has 0 spiro atoms. The predicted octanol–water partition coefficient (Wildman–Crippen LogP) is 1.32. The number of hydrogen-bond donors (Lipinski definition) is 0. The lowest BCUT2D eigenvalue weighted by molar-refractivity contribution is -0.145. The Morgan fingerprint density at radius 3 is 2.94 bits per heavy atom. The molecule has 0 radical (unpaired) electrons. The normalized spacial score (nSPS) is 12.4. The van der Waals surface area contributed by atoms with Crippen molar-refractivity contribution in [3.05, 3.63) is 11.7 Å². The van der Waals surface area contributed by atoms with Gasteiger partial charge in [-0.2, -0.15) is 4.98 Å². The number of aromatic nitrogens is 2. The molecule has 96 valence electrons. The topological polar surface area (TPSA) is 74.5 Å². The Morgan fingerprint density at radius 1 is 1.53 bits per heavy atom. The second kappa shape index (κ2) is 7.01. The van der Waals surface area contributed by atoms with Crippen molar-refractivity contribution in [2.75, 3.05) is 20.3 Å². The van der Waals surface area contributed by atoms with E-state index in [2.05, 4.69) is 10.1 Å². The summed E-state index contributed by atoms with van der Waals surface area (Å²) in [4.78, 5) is 15.6. The first kappa shape index (κ1) is 13.6. The highest BCUT2D eigenvalue weighted by Gasteiger charge is 2.22. The third-order valence-corrected chi connectivity index (χ3v) is 2.24. The molecule has 1 rings (SSSR count). The quantitative estimate of drug-likeness (QED) is 0.530. The lowest BCUT2D eigenvalue weighted by Gasteiger charge is -2.04. The molecule has 6 heteroatoms. The van der Waals surface area contributed by atoms with E-state index >= 15 is 0 Å². The number of methoxy groups -OCH3 is 1. The number of carbonyl (C=O) groups is 1. The Kier molecular flexibility index (Phi) is 5.62. The molecule has 1 unspecified atom stereocenters. The fourth-order valence-electron chi connectivity index (χ4n) is 1.29. The highest BCUT2D eigenvalue weighted by Crippen LogP contribution is 2.15. The second-order valence-electron chi connectivity index (χ2n) is 3.62. The number of ether oxygens (including phenoxy) is 2. The van der Waals surface area contributed by atoms with Crippen LogP contribution < -0.4 is 0 Å². The molecule has 0 saturated carbocycles. The second-order valence-corrected chi connectivity index (χ2v) is 3.62. The van der Waals surface area contributed by atoms with Gasteiger partial charge in [-0.3, -0.25) is 4.79 Å². The van der Waals surface area contributed by atoms with Crippen LogP contribution in [0, 0.1) is 0 Å². The number of nitrogens with zero attached hydrogens (tertiary/aromatic N) is 2. The van der Waals surface area contributed by atoms with Crippen LogP contribution in [-0.2, 0) is 20.7 Å². The number of aryl methyl sites for hydroxylation is 1. The van der Waals surface area contributed by atoms with Crippen LogP contribution in [0.3, 0.4) is 0 Å². The smallest absolute Gasteiger partial charge is 0.318 e.